The second kappa shape index (κ2) is 14.1. The van der Waals surface area contributed by atoms with Crippen LogP contribution < -0.4 is 10.6 Å². The predicted molar refractivity (Wildman–Crippen MR) is 138 cm³/mol. The topological polar surface area (TPSA) is 87.7 Å². The van der Waals surface area contributed by atoms with Gasteiger partial charge < -0.3 is 15.4 Å². The third-order valence-electron chi connectivity index (χ3n) is 5.52. The summed E-state index contributed by atoms with van der Waals surface area (Å²) in [6, 6.07) is 7.08. The molecule has 0 spiro atoms. The Bertz CT molecular complexity index is 952. The summed E-state index contributed by atoms with van der Waals surface area (Å²) < 4.78 is 5.35. The number of carbonyl (C=O) groups is 3. The molecule has 0 aromatic heterocycles. The van der Waals surface area contributed by atoms with E-state index in [0.717, 1.165) is 24.2 Å². The van der Waals surface area contributed by atoms with Gasteiger partial charge in [-0.25, -0.2) is 4.79 Å². The molecule has 0 fully saturated rings. The summed E-state index contributed by atoms with van der Waals surface area (Å²) >= 11 is 0. The zero-order valence-electron chi connectivity index (χ0n) is 21.8. The van der Waals surface area contributed by atoms with Gasteiger partial charge in [0.1, 0.15) is 17.7 Å². The maximum atomic E-state index is 13.8. The van der Waals surface area contributed by atoms with Crippen LogP contribution in [0.2, 0.25) is 0 Å². The molecule has 1 aromatic carbocycles. The lowest BCUT2D eigenvalue weighted by Crippen LogP contribution is -2.54. The molecule has 2 N–H and O–H groups in total. The van der Waals surface area contributed by atoms with Crippen LogP contribution in [-0.2, 0) is 14.3 Å². The van der Waals surface area contributed by atoms with Crippen LogP contribution in [-0.4, -0.2) is 41.0 Å². The van der Waals surface area contributed by atoms with Crippen LogP contribution in [0.25, 0.3) is 0 Å². The molecule has 35 heavy (non-hydrogen) atoms. The number of alkyl carbamates (subject to hydrolysis) is 1. The molecule has 3 unspecified atom stereocenters. The first-order valence-electron chi connectivity index (χ1n) is 12.1. The van der Waals surface area contributed by atoms with E-state index in [1.165, 1.54) is 0 Å². The Morgan fingerprint density at radius 3 is 2.31 bits per heavy atom. The number of ether oxygens (including phenoxy) is 1. The molecule has 0 aliphatic rings. The molecule has 0 heterocycles. The van der Waals surface area contributed by atoms with E-state index in [1.54, 1.807) is 45.0 Å². The Balaban J connectivity index is 3.41. The van der Waals surface area contributed by atoms with E-state index in [0.29, 0.717) is 24.1 Å². The minimum absolute atomic E-state index is 0.276. The smallest absolute Gasteiger partial charge is 0.408 e. The number of nitrogens with zero attached hydrogens (tertiary/aromatic N) is 1. The molecule has 0 aliphatic heterocycles. The van der Waals surface area contributed by atoms with Gasteiger partial charge in [0.05, 0.1) is 0 Å². The zero-order chi connectivity index (χ0) is 26.6. The first-order valence-corrected chi connectivity index (χ1v) is 12.1. The summed E-state index contributed by atoms with van der Waals surface area (Å²) in [5.74, 6) is 1.27. The summed E-state index contributed by atoms with van der Waals surface area (Å²) in [6.45, 7) is 11.4. The van der Waals surface area contributed by atoms with Crippen LogP contribution in [0.5, 0.6) is 0 Å². The lowest BCUT2D eigenvalue weighted by atomic mass is 9.94. The number of carbonyl (C=O) groups excluding carboxylic acids is 3. The molecule has 1 aromatic rings. The predicted octanol–water partition coefficient (Wildman–Crippen LogP) is 4.37. The van der Waals surface area contributed by atoms with Gasteiger partial charge in [0, 0.05) is 23.7 Å². The van der Waals surface area contributed by atoms with Gasteiger partial charge in [-0.05, 0) is 39.2 Å². The quantitative estimate of drug-likeness (QED) is 0.279. The molecule has 1 rings (SSSR count). The van der Waals surface area contributed by atoms with E-state index < -0.39 is 35.6 Å². The van der Waals surface area contributed by atoms with Crippen LogP contribution in [0.3, 0.4) is 0 Å². The molecule has 0 aliphatic carbocycles. The summed E-state index contributed by atoms with van der Waals surface area (Å²) in [5.41, 5.74) is 0.148. The molecular weight excluding hydrogens is 442 g/mol. The lowest BCUT2D eigenvalue weighted by molar-refractivity contribution is -0.139. The van der Waals surface area contributed by atoms with Crippen LogP contribution in [0.1, 0.15) is 84.4 Å². The van der Waals surface area contributed by atoms with Gasteiger partial charge in [-0.3, -0.25) is 14.5 Å². The van der Waals surface area contributed by atoms with Crippen molar-refractivity contribution in [1.82, 2.24) is 15.5 Å². The standard InChI is InChI=1S/C28H39N3O4/c1-9-13-16-19-29-25(32)24(22-18-15-14-17-21(22)11-3)31(12-4)26(33)23(20(5)10-2)30-27(34)35-28(6,7)8/h3-4,14-15,17-18,20,23-24H,9-10,13,16,19H2,1-2,5-8H3,(H,29,32)(H,30,34). The van der Waals surface area contributed by atoms with Crippen molar-refractivity contribution in [3.05, 3.63) is 35.4 Å². The summed E-state index contributed by atoms with van der Waals surface area (Å²) in [7, 11) is 0. The highest BCUT2D eigenvalue weighted by Crippen LogP contribution is 2.26. The Hall–Kier alpha value is -3.45. The number of amides is 3. The fourth-order valence-corrected chi connectivity index (χ4v) is 3.48. The number of benzene rings is 1. The molecule has 190 valence electrons. The number of nitrogens with one attached hydrogen (secondary N) is 2. The average molecular weight is 482 g/mol. The van der Waals surface area contributed by atoms with Crippen molar-refractivity contribution in [2.45, 2.75) is 84.9 Å². The highest BCUT2D eigenvalue weighted by Gasteiger charge is 2.38. The maximum absolute atomic E-state index is 13.8. The largest absolute Gasteiger partial charge is 0.444 e. The second-order valence-electron chi connectivity index (χ2n) is 9.48. The average Bonchev–Trinajstić information content (AvgIpc) is 2.81. The minimum Gasteiger partial charge on any atom is -0.444 e. The summed E-state index contributed by atoms with van der Waals surface area (Å²) in [6.07, 6.45) is 14.1. The lowest BCUT2D eigenvalue weighted by Gasteiger charge is -2.32. The van der Waals surface area contributed by atoms with Crippen LogP contribution in [0, 0.1) is 30.7 Å². The number of unbranched alkanes of at least 4 members (excludes halogenated alkanes) is 2. The van der Waals surface area contributed by atoms with Gasteiger partial charge >= 0.3 is 6.09 Å². The van der Waals surface area contributed by atoms with Crippen molar-refractivity contribution < 1.29 is 19.1 Å². The number of hydrogen-bond acceptors (Lipinski definition) is 4. The van der Waals surface area contributed by atoms with Gasteiger partial charge in [0.2, 0.25) is 5.91 Å². The molecule has 0 bridgehead atoms. The van der Waals surface area contributed by atoms with Crippen LogP contribution >= 0.6 is 0 Å². The Morgan fingerprint density at radius 1 is 1.11 bits per heavy atom. The SMILES string of the molecule is C#Cc1ccccc1C(C(=O)NCCCCC)N(C#C)C(=O)C(NC(=O)OC(C)(C)C)C(C)CC. The Kier molecular flexibility index (Phi) is 11.9. The van der Waals surface area contributed by atoms with E-state index >= 15 is 0 Å². The Labute approximate surface area is 210 Å². The third-order valence-corrected chi connectivity index (χ3v) is 5.52. The van der Waals surface area contributed by atoms with Gasteiger partial charge in [0.25, 0.3) is 5.91 Å². The van der Waals surface area contributed by atoms with E-state index in [4.69, 9.17) is 17.6 Å². The summed E-state index contributed by atoms with van der Waals surface area (Å²) in [5, 5.41) is 5.53. The highest BCUT2D eigenvalue weighted by molar-refractivity contribution is 5.93. The number of rotatable bonds is 11. The Morgan fingerprint density at radius 2 is 1.77 bits per heavy atom. The van der Waals surface area contributed by atoms with Gasteiger partial charge in [-0.1, -0.05) is 70.6 Å². The zero-order valence-corrected chi connectivity index (χ0v) is 21.8. The number of hydrogen-bond donors (Lipinski definition) is 2. The number of terminal acetylenes is 2. The van der Waals surface area contributed by atoms with Gasteiger partial charge in [-0.15, -0.1) is 6.42 Å². The minimum atomic E-state index is -1.16. The fraction of sp³-hybridized carbons (Fsp3) is 0.536. The van der Waals surface area contributed by atoms with E-state index in [-0.39, 0.29) is 5.92 Å². The first kappa shape index (κ1) is 29.6. The molecule has 0 saturated heterocycles. The molecule has 0 radical (unpaired) electrons. The van der Waals surface area contributed by atoms with Crippen molar-refractivity contribution in [2.75, 3.05) is 6.54 Å². The fourth-order valence-electron chi connectivity index (χ4n) is 3.48. The molecule has 3 amide bonds. The van der Waals surface area contributed by atoms with Gasteiger partial charge in [0.15, 0.2) is 0 Å². The second-order valence-corrected chi connectivity index (χ2v) is 9.48. The molecular formula is C28H39N3O4. The normalized spacial score (nSPS) is 13.4. The first-order chi connectivity index (χ1) is 16.5. The van der Waals surface area contributed by atoms with E-state index in [9.17, 15) is 14.4 Å². The molecule has 3 atom stereocenters. The van der Waals surface area contributed by atoms with Crippen molar-refractivity contribution in [3.8, 4) is 24.8 Å². The summed E-state index contributed by atoms with van der Waals surface area (Å²) in [4.78, 5) is 40.7. The molecule has 7 nitrogen and oxygen atoms in total. The maximum Gasteiger partial charge on any atom is 0.408 e. The van der Waals surface area contributed by atoms with Gasteiger partial charge in [-0.2, -0.15) is 0 Å². The third kappa shape index (κ3) is 9.02. The monoisotopic (exact) mass is 481 g/mol. The molecule has 0 saturated carbocycles. The highest BCUT2D eigenvalue weighted by atomic mass is 16.6. The molecule has 7 heteroatoms. The van der Waals surface area contributed by atoms with E-state index in [2.05, 4.69) is 29.5 Å². The van der Waals surface area contributed by atoms with Crippen molar-refractivity contribution in [3.63, 3.8) is 0 Å². The van der Waals surface area contributed by atoms with Crippen LogP contribution in [0.15, 0.2) is 24.3 Å². The van der Waals surface area contributed by atoms with Crippen molar-refractivity contribution in [2.24, 2.45) is 5.92 Å². The van der Waals surface area contributed by atoms with Crippen molar-refractivity contribution in [1.29, 1.82) is 0 Å². The van der Waals surface area contributed by atoms with E-state index in [1.807, 2.05) is 13.8 Å². The van der Waals surface area contributed by atoms with Crippen molar-refractivity contribution >= 4 is 17.9 Å². The van der Waals surface area contributed by atoms with Crippen LogP contribution in [0.4, 0.5) is 4.79 Å².